The molecule has 2 atom stereocenters. The lowest BCUT2D eigenvalue weighted by molar-refractivity contribution is -0.145. The van der Waals surface area contributed by atoms with E-state index in [0.717, 1.165) is 0 Å². The monoisotopic (exact) mass is 405 g/mol. The molecule has 0 saturated heterocycles. The smallest absolute Gasteiger partial charge is 0.328 e. The highest BCUT2D eigenvalue weighted by molar-refractivity contribution is 5.97. The van der Waals surface area contributed by atoms with E-state index in [9.17, 15) is 18.8 Å². The van der Waals surface area contributed by atoms with Crippen molar-refractivity contribution in [1.82, 2.24) is 15.8 Å². The Morgan fingerprint density at radius 1 is 1.17 bits per heavy atom. The number of amides is 2. The third kappa shape index (κ3) is 6.13. The first-order valence-corrected chi connectivity index (χ1v) is 9.08. The van der Waals surface area contributed by atoms with Gasteiger partial charge in [0.15, 0.2) is 5.69 Å². The minimum absolute atomic E-state index is 0.0526. The predicted molar refractivity (Wildman–Crippen MR) is 101 cm³/mol. The lowest BCUT2D eigenvalue weighted by Crippen LogP contribution is -2.54. The average molecular weight is 405 g/mol. The fourth-order valence-electron chi connectivity index (χ4n) is 2.68. The molecule has 1 aromatic heterocycles. The van der Waals surface area contributed by atoms with Gasteiger partial charge in [-0.15, -0.1) is 0 Å². The molecule has 0 aliphatic carbocycles. The molecule has 0 saturated carbocycles. The molecule has 8 nitrogen and oxygen atoms in total. The standard InChI is InChI=1S/C20H24FN3O5/c1-11(2)17(23-18(25)15-9-12(3)29-24-15)19(26)22-16(20(27)28-4)10-13-5-7-14(21)8-6-13/h5-9,11,16-17H,10H2,1-4H3,(H,22,26)(H,23,25)/t16-,17-/m0/s1. The molecule has 2 aromatic rings. The molecule has 1 aromatic carbocycles. The molecule has 2 rings (SSSR count). The number of aromatic nitrogens is 1. The Kier molecular flexibility index (Phi) is 7.46. The second-order valence-corrected chi connectivity index (χ2v) is 6.93. The van der Waals surface area contributed by atoms with Crippen molar-refractivity contribution >= 4 is 17.8 Å². The van der Waals surface area contributed by atoms with Crippen LogP contribution in [-0.2, 0) is 20.7 Å². The number of carbonyl (C=O) groups excluding carboxylic acids is 3. The van der Waals surface area contributed by atoms with Gasteiger partial charge in [0.05, 0.1) is 7.11 Å². The number of esters is 1. The molecule has 0 bridgehead atoms. The molecule has 0 spiro atoms. The number of ether oxygens (including phenoxy) is 1. The molecule has 9 heteroatoms. The first-order valence-electron chi connectivity index (χ1n) is 9.08. The summed E-state index contributed by atoms with van der Waals surface area (Å²) in [5.41, 5.74) is 0.696. The van der Waals surface area contributed by atoms with E-state index >= 15 is 0 Å². The van der Waals surface area contributed by atoms with Crippen molar-refractivity contribution in [1.29, 1.82) is 0 Å². The summed E-state index contributed by atoms with van der Waals surface area (Å²) in [4.78, 5) is 37.3. The quantitative estimate of drug-likeness (QED) is 0.648. The van der Waals surface area contributed by atoms with E-state index in [2.05, 4.69) is 15.8 Å². The number of nitrogens with one attached hydrogen (secondary N) is 2. The molecular formula is C20H24FN3O5. The summed E-state index contributed by atoms with van der Waals surface area (Å²) in [6.07, 6.45) is 0.111. The maximum absolute atomic E-state index is 13.1. The summed E-state index contributed by atoms with van der Waals surface area (Å²) in [5, 5.41) is 8.84. The van der Waals surface area contributed by atoms with Crippen molar-refractivity contribution in [2.75, 3.05) is 7.11 Å². The average Bonchev–Trinajstić information content (AvgIpc) is 3.12. The molecule has 2 N–H and O–H groups in total. The van der Waals surface area contributed by atoms with E-state index in [0.29, 0.717) is 11.3 Å². The minimum Gasteiger partial charge on any atom is -0.467 e. The number of nitrogens with zero attached hydrogens (tertiary/aromatic N) is 1. The molecule has 156 valence electrons. The van der Waals surface area contributed by atoms with Crippen LogP contribution in [0.5, 0.6) is 0 Å². The van der Waals surface area contributed by atoms with Gasteiger partial charge in [0.1, 0.15) is 23.7 Å². The van der Waals surface area contributed by atoms with Crippen LogP contribution in [0.2, 0.25) is 0 Å². The van der Waals surface area contributed by atoms with Gasteiger partial charge in [0.2, 0.25) is 5.91 Å². The molecule has 2 amide bonds. The number of benzene rings is 1. The lowest BCUT2D eigenvalue weighted by atomic mass is 10.0. The SMILES string of the molecule is COC(=O)[C@H](Cc1ccc(F)cc1)NC(=O)[C@@H](NC(=O)c1cc(C)on1)C(C)C. The fraction of sp³-hybridized carbons (Fsp3) is 0.400. The summed E-state index contributed by atoms with van der Waals surface area (Å²) < 4.78 is 22.7. The van der Waals surface area contributed by atoms with E-state index < -0.39 is 35.7 Å². The van der Waals surface area contributed by atoms with Gasteiger partial charge in [-0.3, -0.25) is 9.59 Å². The maximum Gasteiger partial charge on any atom is 0.328 e. The van der Waals surface area contributed by atoms with Gasteiger partial charge in [-0.05, 0) is 30.5 Å². The lowest BCUT2D eigenvalue weighted by Gasteiger charge is -2.24. The molecule has 0 fully saturated rings. The third-order valence-electron chi connectivity index (χ3n) is 4.25. The number of hydrogen-bond donors (Lipinski definition) is 2. The van der Waals surface area contributed by atoms with Crippen LogP contribution in [0.1, 0.15) is 35.7 Å². The predicted octanol–water partition coefficient (Wildman–Crippen LogP) is 1.78. The van der Waals surface area contributed by atoms with Crippen molar-refractivity contribution in [2.45, 2.75) is 39.3 Å². The Morgan fingerprint density at radius 3 is 2.34 bits per heavy atom. The van der Waals surface area contributed by atoms with Gasteiger partial charge in [0.25, 0.3) is 5.91 Å². The van der Waals surface area contributed by atoms with Crippen molar-refractivity contribution in [3.63, 3.8) is 0 Å². The Bertz CT molecular complexity index is 863. The van der Waals surface area contributed by atoms with E-state index in [1.165, 1.54) is 37.4 Å². The summed E-state index contributed by atoms with van der Waals surface area (Å²) in [6.45, 7) is 5.16. The van der Waals surface area contributed by atoms with Crippen LogP contribution >= 0.6 is 0 Å². The van der Waals surface area contributed by atoms with Gasteiger partial charge in [-0.2, -0.15) is 0 Å². The van der Waals surface area contributed by atoms with Crippen LogP contribution in [0, 0.1) is 18.7 Å². The maximum atomic E-state index is 13.1. The minimum atomic E-state index is -0.995. The van der Waals surface area contributed by atoms with Crippen LogP contribution in [-0.4, -0.2) is 42.1 Å². The Hall–Kier alpha value is -3.23. The van der Waals surface area contributed by atoms with E-state index in [-0.39, 0.29) is 18.0 Å². The van der Waals surface area contributed by atoms with Gasteiger partial charge in [-0.1, -0.05) is 31.1 Å². The van der Waals surface area contributed by atoms with Crippen molar-refractivity contribution in [3.8, 4) is 0 Å². The van der Waals surface area contributed by atoms with E-state index in [4.69, 9.17) is 9.26 Å². The van der Waals surface area contributed by atoms with Crippen LogP contribution in [0.25, 0.3) is 0 Å². The molecule has 0 aliphatic heterocycles. The highest BCUT2D eigenvalue weighted by atomic mass is 19.1. The topological polar surface area (TPSA) is 111 Å². The van der Waals surface area contributed by atoms with E-state index in [1.807, 2.05) is 0 Å². The fourth-order valence-corrected chi connectivity index (χ4v) is 2.68. The molecule has 1 heterocycles. The summed E-state index contributed by atoms with van der Waals surface area (Å²) >= 11 is 0. The first-order chi connectivity index (χ1) is 13.7. The summed E-state index contributed by atoms with van der Waals surface area (Å²) in [6, 6.07) is 5.12. The Balaban J connectivity index is 2.12. The summed E-state index contributed by atoms with van der Waals surface area (Å²) in [5.74, 6) is -1.97. The highest BCUT2D eigenvalue weighted by Gasteiger charge is 2.30. The molecular weight excluding hydrogens is 381 g/mol. The van der Waals surface area contributed by atoms with Crippen LogP contribution < -0.4 is 10.6 Å². The number of methoxy groups -OCH3 is 1. The number of rotatable bonds is 8. The zero-order chi connectivity index (χ0) is 21.6. The molecule has 0 radical (unpaired) electrons. The number of hydrogen-bond acceptors (Lipinski definition) is 6. The van der Waals surface area contributed by atoms with Crippen LogP contribution in [0.15, 0.2) is 34.9 Å². The largest absolute Gasteiger partial charge is 0.467 e. The number of halogens is 1. The zero-order valence-corrected chi connectivity index (χ0v) is 16.7. The van der Waals surface area contributed by atoms with Crippen LogP contribution in [0.3, 0.4) is 0 Å². The number of aryl methyl sites for hydroxylation is 1. The Labute approximate surface area is 167 Å². The first kappa shape index (κ1) is 22.1. The zero-order valence-electron chi connectivity index (χ0n) is 16.7. The van der Waals surface area contributed by atoms with Gasteiger partial charge in [-0.25, -0.2) is 9.18 Å². The van der Waals surface area contributed by atoms with Crippen LogP contribution in [0.4, 0.5) is 4.39 Å². The van der Waals surface area contributed by atoms with Gasteiger partial charge < -0.3 is 19.9 Å². The summed E-state index contributed by atoms with van der Waals surface area (Å²) in [7, 11) is 1.21. The van der Waals surface area contributed by atoms with Crippen molar-refractivity contribution in [3.05, 3.63) is 53.2 Å². The highest BCUT2D eigenvalue weighted by Crippen LogP contribution is 2.10. The second-order valence-electron chi connectivity index (χ2n) is 6.93. The normalized spacial score (nSPS) is 12.9. The van der Waals surface area contributed by atoms with Crippen molar-refractivity contribution < 1.29 is 28.0 Å². The van der Waals surface area contributed by atoms with Gasteiger partial charge >= 0.3 is 5.97 Å². The molecule has 0 unspecified atom stereocenters. The third-order valence-corrected chi connectivity index (χ3v) is 4.25. The van der Waals surface area contributed by atoms with E-state index in [1.54, 1.807) is 20.8 Å². The second kappa shape index (κ2) is 9.81. The van der Waals surface area contributed by atoms with Gasteiger partial charge in [0, 0.05) is 12.5 Å². The number of carbonyl (C=O) groups is 3. The molecule has 0 aliphatic rings. The Morgan fingerprint density at radius 2 is 1.83 bits per heavy atom. The molecule has 29 heavy (non-hydrogen) atoms. The van der Waals surface area contributed by atoms with Crippen molar-refractivity contribution in [2.24, 2.45) is 5.92 Å².